The lowest BCUT2D eigenvalue weighted by atomic mass is 9.67. The van der Waals surface area contributed by atoms with E-state index in [4.69, 9.17) is 0 Å². The minimum absolute atomic E-state index is 0.0583. The van der Waals surface area contributed by atoms with E-state index in [0.717, 1.165) is 19.3 Å². The van der Waals surface area contributed by atoms with Gasteiger partial charge < -0.3 is 5.11 Å². The van der Waals surface area contributed by atoms with Gasteiger partial charge >= 0.3 is 5.97 Å². The average Bonchev–Trinajstić information content (AvgIpc) is 2.43. The van der Waals surface area contributed by atoms with E-state index in [1.807, 2.05) is 0 Å². The second-order valence-electron chi connectivity index (χ2n) is 5.81. The number of aliphatic carboxylic acids is 1. The summed E-state index contributed by atoms with van der Waals surface area (Å²) in [6.07, 6.45) is 3.60. The number of hydrogen-bond acceptors (Lipinski definition) is 1. The van der Waals surface area contributed by atoms with E-state index in [9.17, 15) is 18.7 Å². The van der Waals surface area contributed by atoms with Gasteiger partial charge in [0.1, 0.15) is 11.6 Å². The zero-order valence-corrected chi connectivity index (χ0v) is 11.7. The van der Waals surface area contributed by atoms with Gasteiger partial charge in [-0.3, -0.25) is 4.79 Å². The van der Waals surface area contributed by atoms with Crippen molar-refractivity contribution >= 4 is 5.97 Å². The highest BCUT2D eigenvalue weighted by molar-refractivity contribution is 5.75. The first kappa shape index (κ1) is 14.9. The number of hydrogen-bond donors (Lipinski definition) is 1. The van der Waals surface area contributed by atoms with E-state index in [0.29, 0.717) is 18.8 Å². The molecule has 110 valence electrons. The maximum Gasteiger partial charge on any atom is 0.309 e. The summed E-state index contributed by atoms with van der Waals surface area (Å²) in [5.41, 5.74) is -1.11. The van der Waals surface area contributed by atoms with Crippen LogP contribution in [0.2, 0.25) is 0 Å². The van der Waals surface area contributed by atoms with Gasteiger partial charge in [0, 0.05) is 5.56 Å². The first-order valence-corrected chi connectivity index (χ1v) is 7.15. The molecule has 0 unspecified atom stereocenters. The zero-order chi connectivity index (χ0) is 14.8. The maximum atomic E-state index is 13.7. The second-order valence-corrected chi connectivity index (χ2v) is 5.81. The van der Waals surface area contributed by atoms with Crippen molar-refractivity contribution in [3.8, 4) is 0 Å². The van der Waals surface area contributed by atoms with E-state index in [-0.39, 0.29) is 12.0 Å². The van der Waals surface area contributed by atoms with Gasteiger partial charge in [-0.25, -0.2) is 8.78 Å². The predicted octanol–water partition coefficient (Wildman–Crippen LogP) is 4.18. The standard InChI is InChI=1S/C16H20F2O2/c1-2-11-6-8-16(9-7-11,15(19)20)10-12-13(17)4-3-5-14(12)18/h3-5,11H,2,6-10H2,1H3,(H,19,20). The van der Waals surface area contributed by atoms with Crippen LogP contribution in [-0.4, -0.2) is 11.1 Å². The van der Waals surface area contributed by atoms with Crippen LogP contribution in [0.4, 0.5) is 8.78 Å². The minimum Gasteiger partial charge on any atom is -0.481 e. The van der Waals surface area contributed by atoms with E-state index in [2.05, 4.69) is 6.92 Å². The van der Waals surface area contributed by atoms with Crippen LogP contribution >= 0.6 is 0 Å². The third-order valence-corrected chi connectivity index (χ3v) is 4.67. The molecular formula is C16H20F2O2. The van der Waals surface area contributed by atoms with E-state index < -0.39 is 23.0 Å². The van der Waals surface area contributed by atoms with Gasteiger partial charge in [-0.15, -0.1) is 0 Å². The first-order chi connectivity index (χ1) is 9.48. The SMILES string of the molecule is CCC1CCC(Cc2c(F)cccc2F)(C(=O)O)CC1. The van der Waals surface area contributed by atoms with Crippen LogP contribution < -0.4 is 0 Å². The molecular weight excluding hydrogens is 262 g/mol. The van der Waals surface area contributed by atoms with Crippen LogP contribution in [0.25, 0.3) is 0 Å². The van der Waals surface area contributed by atoms with Crippen LogP contribution in [0.3, 0.4) is 0 Å². The average molecular weight is 282 g/mol. The molecule has 2 nitrogen and oxygen atoms in total. The molecule has 0 heterocycles. The van der Waals surface area contributed by atoms with Gasteiger partial charge in [-0.05, 0) is 50.2 Å². The van der Waals surface area contributed by atoms with Gasteiger partial charge in [0.15, 0.2) is 0 Å². The molecule has 0 bridgehead atoms. The number of halogens is 2. The molecule has 1 aliphatic rings. The summed E-state index contributed by atoms with van der Waals surface area (Å²) in [6, 6.07) is 3.67. The van der Waals surface area contributed by atoms with Crippen LogP contribution in [0.5, 0.6) is 0 Å². The fraction of sp³-hybridized carbons (Fsp3) is 0.562. The summed E-state index contributed by atoms with van der Waals surface area (Å²) in [4.78, 5) is 11.7. The Morgan fingerprint density at radius 3 is 2.30 bits per heavy atom. The number of carboxylic acid groups (broad SMARTS) is 1. The molecule has 1 aromatic carbocycles. The van der Waals surface area contributed by atoms with Crippen molar-refractivity contribution in [3.05, 3.63) is 35.4 Å². The lowest BCUT2D eigenvalue weighted by Crippen LogP contribution is -2.38. The molecule has 0 spiro atoms. The Balaban J connectivity index is 2.25. The van der Waals surface area contributed by atoms with Gasteiger partial charge in [0.05, 0.1) is 5.41 Å². The lowest BCUT2D eigenvalue weighted by Gasteiger charge is -2.36. The van der Waals surface area contributed by atoms with E-state index in [1.165, 1.54) is 18.2 Å². The third-order valence-electron chi connectivity index (χ3n) is 4.67. The Kier molecular flexibility index (Phi) is 4.41. The fourth-order valence-corrected chi connectivity index (χ4v) is 3.14. The summed E-state index contributed by atoms with van der Waals surface area (Å²) in [5, 5.41) is 9.55. The Morgan fingerprint density at radius 1 is 1.30 bits per heavy atom. The highest BCUT2D eigenvalue weighted by Crippen LogP contribution is 2.43. The van der Waals surface area contributed by atoms with Gasteiger partial charge in [-0.2, -0.15) is 0 Å². The Morgan fingerprint density at radius 2 is 1.85 bits per heavy atom. The topological polar surface area (TPSA) is 37.3 Å². The van der Waals surface area contributed by atoms with Crippen molar-refractivity contribution in [3.63, 3.8) is 0 Å². The van der Waals surface area contributed by atoms with Crippen LogP contribution in [0.1, 0.15) is 44.6 Å². The van der Waals surface area contributed by atoms with E-state index in [1.54, 1.807) is 0 Å². The summed E-state index contributed by atoms with van der Waals surface area (Å²) in [7, 11) is 0. The monoisotopic (exact) mass is 282 g/mol. The second kappa shape index (κ2) is 5.90. The Labute approximate surface area is 117 Å². The van der Waals surface area contributed by atoms with Crippen molar-refractivity contribution in [1.82, 2.24) is 0 Å². The van der Waals surface area contributed by atoms with Crippen molar-refractivity contribution in [1.29, 1.82) is 0 Å². The molecule has 0 aromatic heterocycles. The molecule has 2 rings (SSSR count). The number of carbonyl (C=O) groups is 1. The summed E-state index contributed by atoms with van der Waals surface area (Å²) >= 11 is 0. The number of rotatable bonds is 4. The summed E-state index contributed by atoms with van der Waals surface area (Å²) in [5.74, 6) is -1.70. The maximum absolute atomic E-state index is 13.7. The molecule has 1 aromatic rings. The smallest absolute Gasteiger partial charge is 0.309 e. The molecule has 0 aliphatic heterocycles. The number of benzene rings is 1. The van der Waals surface area contributed by atoms with Crippen molar-refractivity contribution < 1.29 is 18.7 Å². The molecule has 1 fully saturated rings. The van der Waals surface area contributed by atoms with Crippen molar-refractivity contribution in [2.45, 2.75) is 45.4 Å². The number of carboxylic acids is 1. The Bertz CT molecular complexity index is 471. The third kappa shape index (κ3) is 2.84. The van der Waals surface area contributed by atoms with Gasteiger partial charge in [0.25, 0.3) is 0 Å². The summed E-state index contributed by atoms with van der Waals surface area (Å²) < 4.78 is 27.5. The fourth-order valence-electron chi connectivity index (χ4n) is 3.14. The molecule has 1 saturated carbocycles. The molecule has 1 aliphatic carbocycles. The molecule has 4 heteroatoms. The van der Waals surface area contributed by atoms with Crippen LogP contribution in [-0.2, 0) is 11.2 Å². The van der Waals surface area contributed by atoms with Crippen LogP contribution in [0.15, 0.2) is 18.2 Å². The highest BCUT2D eigenvalue weighted by Gasteiger charge is 2.42. The Hall–Kier alpha value is -1.45. The highest BCUT2D eigenvalue weighted by atomic mass is 19.1. The first-order valence-electron chi connectivity index (χ1n) is 7.15. The predicted molar refractivity (Wildman–Crippen MR) is 72.4 cm³/mol. The van der Waals surface area contributed by atoms with Crippen LogP contribution in [0, 0.1) is 23.0 Å². The largest absolute Gasteiger partial charge is 0.481 e. The van der Waals surface area contributed by atoms with Crippen molar-refractivity contribution in [2.75, 3.05) is 0 Å². The lowest BCUT2D eigenvalue weighted by molar-refractivity contribution is -0.151. The van der Waals surface area contributed by atoms with E-state index >= 15 is 0 Å². The minimum atomic E-state index is -1.02. The molecule has 20 heavy (non-hydrogen) atoms. The molecule has 0 radical (unpaired) electrons. The summed E-state index contributed by atoms with van der Waals surface area (Å²) in [6.45, 7) is 2.09. The van der Waals surface area contributed by atoms with Gasteiger partial charge in [0.2, 0.25) is 0 Å². The normalized spacial score (nSPS) is 26.4. The zero-order valence-electron chi connectivity index (χ0n) is 11.7. The molecule has 1 N–H and O–H groups in total. The van der Waals surface area contributed by atoms with Gasteiger partial charge in [-0.1, -0.05) is 19.4 Å². The molecule has 0 saturated heterocycles. The van der Waals surface area contributed by atoms with Crippen molar-refractivity contribution in [2.24, 2.45) is 11.3 Å². The molecule has 0 atom stereocenters. The molecule has 0 amide bonds. The quantitative estimate of drug-likeness (QED) is 0.899.